The molecule has 1 aromatic carbocycles. The summed E-state index contributed by atoms with van der Waals surface area (Å²) in [7, 11) is -3.57. The van der Waals surface area contributed by atoms with Gasteiger partial charge in [-0.3, -0.25) is 0 Å². The lowest BCUT2D eigenvalue weighted by atomic mass is 10.1. The molecule has 0 spiro atoms. The van der Waals surface area contributed by atoms with Gasteiger partial charge in [0.05, 0.1) is 4.90 Å². The maximum absolute atomic E-state index is 12.3. The topological polar surface area (TPSA) is 72.2 Å². The second kappa shape index (κ2) is 6.53. The molecule has 0 saturated carbocycles. The molecule has 2 rings (SSSR count). The fraction of sp³-hybridized carbons (Fsp3) is 0.154. The molecular weight excluding hydrogens is 392 g/mol. The maximum Gasteiger partial charge on any atom is 0.240 e. The molecule has 0 aliphatic rings. The number of thiocarbonyl (C=S) groups is 1. The summed E-state index contributed by atoms with van der Waals surface area (Å²) in [6, 6.07) is 6.59. The van der Waals surface area contributed by atoms with Crippen molar-refractivity contribution in [2.75, 3.05) is 0 Å². The SMILES string of the molecule is Cc1cc(S(=O)(=O)NCc2sccc2Br)ccc1C(N)=S. The second-order valence-corrected chi connectivity index (χ2v) is 8.42. The molecule has 0 fully saturated rings. The normalized spacial score (nSPS) is 11.5. The highest BCUT2D eigenvalue weighted by Gasteiger charge is 2.16. The van der Waals surface area contributed by atoms with Gasteiger partial charge in [-0.2, -0.15) is 0 Å². The molecule has 3 N–H and O–H groups in total. The highest BCUT2D eigenvalue weighted by Crippen LogP contribution is 2.23. The van der Waals surface area contributed by atoms with E-state index in [0.717, 1.165) is 14.9 Å². The first-order valence-corrected chi connectivity index (χ1v) is 9.49. The minimum absolute atomic E-state index is 0.202. The Hall–Kier alpha value is -0.800. The quantitative estimate of drug-likeness (QED) is 0.751. The third kappa shape index (κ3) is 3.89. The number of halogens is 1. The van der Waals surface area contributed by atoms with Crippen molar-refractivity contribution in [3.63, 3.8) is 0 Å². The smallest absolute Gasteiger partial charge is 0.240 e. The predicted molar refractivity (Wildman–Crippen MR) is 93.1 cm³/mol. The van der Waals surface area contributed by atoms with Crippen LogP contribution in [0.2, 0.25) is 0 Å². The van der Waals surface area contributed by atoms with Crippen LogP contribution in [0, 0.1) is 6.92 Å². The predicted octanol–water partition coefficient (Wildman–Crippen LogP) is 2.93. The van der Waals surface area contributed by atoms with Crippen LogP contribution in [0.3, 0.4) is 0 Å². The van der Waals surface area contributed by atoms with Crippen molar-refractivity contribution in [2.24, 2.45) is 5.73 Å². The lowest BCUT2D eigenvalue weighted by Gasteiger charge is -2.09. The van der Waals surface area contributed by atoms with Gasteiger partial charge in [-0.15, -0.1) is 11.3 Å². The molecule has 0 unspecified atom stereocenters. The zero-order valence-electron chi connectivity index (χ0n) is 11.1. The molecule has 112 valence electrons. The molecular formula is C13H13BrN2O2S3. The Morgan fingerprint density at radius 2 is 2.14 bits per heavy atom. The van der Waals surface area contributed by atoms with Crippen LogP contribution in [0.15, 0.2) is 39.0 Å². The van der Waals surface area contributed by atoms with Crippen LogP contribution >= 0.6 is 39.5 Å². The number of thiophene rings is 1. The van der Waals surface area contributed by atoms with Crippen molar-refractivity contribution in [3.8, 4) is 0 Å². The van der Waals surface area contributed by atoms with E-state index in [1.54, 1.807) is 19.1 Å². The number of nitrogens with two attached hydrogens (primary N) is 1. The molecule has 21 heavy (non-hydrogen) atoms. The molecule has 0 aliphatic carbocycles. The lowest BCUT2D eigenvalue weighted by Crippen LogP contribution is -2.23. The third-order valence-corrected chi connectivity index (χ3v) is 6.43. The molecule has 0 bridgehead atoms. The Morgan fingerprint density at radius 1 is 1.43 bits per heavy atom. The van der Waals surface area contributed by atoms with E-state index >= 15 is 0 Å². The van der Waals surface area contributed by atoms with Gasteiger partial charge in [0.25, 0.3) is 0 Å². The molecule has 0 aliphatic heterocycles. The lowest BCUT2D eigenvalue weighted by molar-refractivity contribution is 0.581. The second-order valence-electron chi connectivity index (χ2n) is 4.36. The van der Waals surface area contributed by atoms with Gasteiger partial charge >= 0.3 is 0 Å². The Balaban J connectivity index is 2.22. The number of aryl methyl sites for hydroxylation is 1. The highest BCUT2D eigenvalue weighted by atomic mass is 79.9. The van der Waals surface area contributed by atoms with Crippen molar-refractivity contribution in [1.82, 2.24) is 4.72 Å². The van der Waals surface area contributed by atoms with E-state index in [4.69, 9.17) is 18.0 Å². The van der Waals surface area contributed by atoms with Crippen LogP contribution in [-0.2, 0) is 16.6 Å². The number of rotatable bonds is 5. The number of hydrogen-bond donors (Lipinski definition) is 2. The first kappa shape index (κ1) is 16.6. The molecule has 0 atom stereocenters. The average Bonchev–Trinajstić information content (AvgIpc) is 2.81. The van der Waals surface area contributed by atoms with E-state index in [-0.39, 0.29) is 16.4 Å². The van der Waals surface area contributed by atoms with Crippen LogP contribution < -0.4 is 10.5 Å². The maximum atomic E-state index is 12.3. The van der Waals surface area contributed by atoms with E-state index in [9.17, 15) is 8.42 Å². The van der Waals surface area contributed by atoms with E-state index < -0.39 is 10.0 Å². The monoisotopic (exact) mass is 404 g/mol. The van der Waals surface area contributed by atoms with Gasteiger partial charge in [0, 0.05) is 21.5 Å². The van der Waals surface area contributed by atoms with Gasteiger partial charge in [0.15, 0.2) is 0 Å². The number of hydrogen-bond acceptors (Lipinski definition) is 4. The van der Waals surface area contributed by atoms with Gasteiger partial charge < -0.3 is 5.73 Å². The fourth-order valence-corrected chi connectivity index (χ4v) is 4.61. The van der Waals surface area contributed by atoms with Crippen LogP contribution in [0.25, 0.3) is 0 Å². The van der Waals surface area contributed by atoms with E-state index in [0.29, 0.717) is 5.56 Å². The van der Waals surface area contributed by atoms with E-state index in [2.05, 4.69) is 20.7 Å². The zero-order valence-corrected chi connectivity index (χ0v) is 15.1. The summed E-state index contributed by atoms with van der Waals surface area (Å²) in [5.74, 6) is 0. The minimum atomic E-state index is -3.57. The summed E-state index contributed by atoms with van der Waals surface area (Å²) in [6.45, 7) is 2.03. The minimum Gasteiger partial charge on any atom is -0.389 e. The molecule has 2 aromatic rings. The Kier molecular flexibility index (Phi) is 5.15. The average molecular weight is 405 g/mol. The Bertz CT molecular complexity index is 784. The van der Waals surface area contributed by atoms with Crippen LogP contribution in [0.4, 0.5) is 0 Å². The molecule has 0 radical (unpaired) electrons. The number of benzene rings is 1. The van der Waals surface area contributed by atoms with Crippen molar-refractivity contribution >= 4 is 54.5 Å². The van der Waals surface area contributed by atoms with Gasteiger partial charge in [0.2, 0.25) is 10.0 Å². The van der Waals surface area contributed by atoms with Gasteiger partial charge in [-0.05, 0) is 52.0 Å². The Labute approximate surface area is 141 Å². The molecule has 8 heteroatoms. The molecule has 4 nitrogen and oxygen atoms in total. The van der Waals surface area contributed by atoms with Crippen molar-refractivity contribution in [2.45, 2.75) is 18.4 Å². The first-order chi connectivity index (χ1) is 9.81. The molecule has 0 saturated heterocycles. The summed E-state index contributed by atoms with van der Waals surface area (Å²) in [6.07, 6.45) is 0. The van der Waals surface area contributed by atoms with Crippen molar-refractivity contribution in [1.29, 1.82) is 0 Å². The zero-order chi connectivity index (χ0) is 15.6. The summed E-state index contributed by atoms with van der Waals surface area (Å²) in [4.78, 5) is 1.38. The molecule has 0 amide bonds. The van der Waals surface area contributed by atoms with Gasteiger partial charge in [-0.1, -0.05) is 18.3 Å². The van der Waals surface area contributed by atoms with Crippen LogP contribution in [0.1, 0.15) is 16.0 Å². The number of sulfonamides is 1. The van der Waals surface area contributed by atoms with Crippen molar-refractivity contribution < 1.29 is 8.42 Å². The third-order valence-electron chi connectivity index (χ3n) is 2.89. The van der Waals surface area contributed by atoms with E-state index in [1.165, 1.54) is 17.4 Å². The highest BCUT2D eigenvalue weighted by molar-refractivity contribution is 9.10. The summed E-state index contributed by atoms with van der Waals surface area (Å²) >= 11 is 9.78. The molecule has 1 aromatic heterocycles. The Morgan fingerprint density at radius 3 is 2.67 bits per heavy atom. The van der Waals surface area contributed by atoms with Gasteiger partial charge in [0.1, 0.15) is 4.99 Å². The fourth-order valence-electron chi connectivity index (χ4n) is 1.77. The van der Waals surface area contributed by atoms with Gasteiger partial charge in [-0.25, -0.2) is 13.1 Å². The van der Waals surface area contributed by atoms with Crippen LogP contribution in [-0.4, -0.2) is 13.4 Å². The number of nitrogens with one attached hydrogen (secondary N) is 1. The van der Waals surface area contributed by atoms with Crippen molar-refractivity contribution in [3.05, 3.63) is 50.1 Å². The largest absolute Gasteiger partial charge is 0.389 e. The summed E-state index contributed by atoms with van der Waals surface area (Å²) in [5, 5.41) is 1.90. The standard InChI is InChI=1S/C13H13BrN2O2S3/c1-8-6-9(2-3-10(8)13(15)19)21(17,18)16-7-12-11(14)4-5-20-12/h2-6,16H,7H2,1H3,(H2,15,19). The van der Waals surface area contributed by atoms with E-state index in [1.807, 2.05) is 11.4 Å². The van der Waals surface area contributed by atoms with Crippen LogP contribution in [0.5, 0.6) is 0 Å². The first-order valence-electron chi connectivity index (χ1n) is 5.93. The summed E-state index contributed by atoms with van der Waals surface area (Å²) in [5.41, 5.74) is 7.00. The molecule has 1 heterocycles. The summed E-state index contributed by atoms with van der Waals surface area (Å²) < 4.78 is 28.1.